The van der Waals surface area contributed by atoms with E-state index in [-0.39, 0.29) is 30.3 Å². The number of amides is 3. The summed E-state index contributed by atoms with van der Waals surface area (Å²) < 4.78 is 0. The molecule has 3 N–H and O–H groups in total. The van der Waals surface area contributed by atoms with Gasteiger partial charge in [-0.2, -0.15) is 0 Å². The molecule has 1 atom stereocenters. The molecular weight excluding hydrogens is 328 g/mol. The third-order valence-corrected chi connectivity index (χ3v) is 3.99. The molecule has 1 saturated heterocycles. The number of nitrogens with one attached hydrogen (secondary N) is 3. The predicted octanol–water partition coefficient (Wildman–Crippen LogP) is 1.99. The molecule has 1 unspecified atom stereocenters. The van der Waals surface area contributed by atoms with Crippen LogP contribution >= 0.6 is 12.4 Å². The first-order valence-electron chi connectivity index (χ1n) is 9.03. The normalized spacial score (nSPS) is 17.3. The van der Waals surface area contributed by atoms with Gasteiger partial charge in [-0.1, -0.05) is 20.8 Å². The van der Waals surface area contributed by atoms with Crippen molar-refractivity contribution in [1.82, 2.24) is 20.9 Å². The van der Waals surface area contributed by atoms with Gasteiger partial charge in [0.15, 0.2) is 0 Å². The summed E-state index contributed by atoms with van der Waals surface area (Å²) in [6.07, 6.45) is 3.62. The van der Waals surface area contributed by atoms with Crippen LogP contribution in [0, 0.1) is 11.8 Å². The van der Waals surface area contributed by atoms with E-state index in [1.807, 2.05) is 4.90 Å². The van der Waals surface area contributed by atoms with E-state index >= 15 is 0 Å². The van der Waals surface area contributed by atoms with E-state index in [9.17, 15) is 9.59 Å². The Balaban J connectivity index is 0.00000529. The highest BCUT2D eigenvalue weighted by Gasteiger charge is 2.25. The van der Waals surface area contributed by atoms with E-state index in [2.05, 4.69) is 36.7 Å². The molecule has 0 saturated carbocycles. The molecule has 24 heavy (non-hydrogen) atoms. The van der Waals surface area contributed by atoms with Crippen molar-refractivity contribution in [3.05, 3.63) is 0 Å². The zero-order valence-electron chi connectivity index (χ0n) is 15.4. The van der Waals surface area contributed by atoms with E-state index in [1.54, 1.807) is 0 Å². The van der Waals surface area contributed by atoms with Crippen LogP contribution in [0.4, 0.5) is 4.79 Å². The number of piperidine rings is 1. The van der Waals surface area contributed by atoms with Gasteiger partial charge < -0.3 is 20.9 Å². The van der Waals surface area contributed by atoms with Crippen LogP contribution in [0.5, 0.6) is 0 Å². The third kappa shape index (κ3) is 9.98. The van der Waals surface area contributed by atoms with Gasteiger partial charge in [0.25, 0.3) is 0 Å². The summed E-state index contributed by atoms with van der Waals surface area (Å²) in [5.41, 5.74) is 0. The molecule has 1 fully saturated rings. The molecule has 0 aromatic rings. The third-order valence-electron chi connectivity index (χ3n) is 3.99. The lowest BCUT2D eigenvalue weighted by Crippen LogP contribution is -2.47. The summed E-state index contributed by atoms with van der Waals surface area (Å²) in [5.74, 6) is 0.821. The van der Waals surface area contributed by atoms with Crippen molar-refractivity contribution in [2.75, 3.05) is 39.3 Å². The SMILES string of the molecule is CCCNCCNC(=O)CC1CCCN(C(=O)NCC(C)C)C1.Cl. The second-order valence-corrected chi connectivity index (χ2v) is 6.84. The highest BCUT2D eigenvalue weighted by atomic mass is 35.5. The second kappa shape index (κ2) is 13.3. The van der Waals surface area contributed by atoms with Crippen LogP contribution in [0.1, 0.15) is 46.5 Å². The van der Waals surface area contributed by atoms with Crippen molar-refractivity contribution >= 4 is 24.3 Å². The number of carbonyl (C=O) groups excluding carboxylic acids is 2. The molecule has 0 spiro atoms. The second-order valence-electron chi connectivity index (χ2n) is 6.84. The van der Waals surface area contributed by atoms with Gasteiger partial charge in [-0.25, -0.2) is 4.79 Å². The fourth-order valence-corrected chi connectivity index (χ4v) is 2.75. The summed E-state index contributed by atoms with van der Waals surface area (Å²) in [6.45, 7) is 10.9. The van der Waals surface area contributed by atoms with Crippen LogP contribution in [0.3, 0.4) is 0 Å². The fourth-order valence-electron chi connectivity index (χ4n) is 2.75. The summed E-state index contributed by atoms with van der Waals surface area (Å²) in [6, 6.07) is 0.00701. The Bertz CT molecular complexity index is 366. The Morgan fingerprint density at radius 1 is 1.17 bits per heavy atom. The lowest BCUT2D eigenvalue weighted by atomic mass is 9.94. The van der Waals surface area contributed by atoms with Crippen molar-refractivity contribution in [2.45, 2.75) is 46.5 Å². The maximum Gasteiger partial charge on any atom is 0.317 e. The van der Waals surface area contributed by atoms with E-state index in [0.29, 0.717) is 32.0 Å². The quantitative estimate of drug-likeness (QED) is 0.549. The Labute approximate surface area is 152 Å². The summed E-state index contributed by atoms with van der Waals surface area (Å²) in [5, 5.41) is 9.17. The molecule has 1 aliphatic rings. The Hall–Kier alpha value is -1.01. The van der Waals surface area contributed by atoms with Crippen molar-refractivity contribution in [3.8, 4) is 0 Å². The molecule has 0 aliphatic carbocycles. The highest BCUT2D eigenvalue weighted by Crippen LogP contribution is 2.19. The molecule has 142 valence electrons. The number of hydrogen-bond donors (Lipinski definition) is 3. The molecule has 3 amide bonds. The minimum atomic E-state index is 0. The molecule has 0 bridgehead atoms. The van der Waals surface area contributed by atoms with Crippen molar-refractivity contribution < 1.29 is 9.59 Å². The standard InChI is InChI=1S/C17H34N4O2.ClH/c1-4-7-18-8-9-19-16(22)11-15-6-5-10-21(13-15)17(23)20-12-14(2)3;/h14-15,18H,4-13H2,1-3H3,(H,19,22)(H,20,23);1H. The number of nitrogens with zero attached hydrogens (tertiary/aromatic N) is 1. The summed E-state index contributed by atoms with van der Waals surface area (Å²) in [4.78, 5) is 25.9. The number of carbonyl (C=O) groups is 2. The average Bonchev–Trinajstić information content (AvgIpc) is 2.52. The van der Waals surface area contributed by atoms with E-state index in [4.69, 9.17) is 0 Å². The summed E-state index contributed by atoms with van der Waals surface area (Å²) in [7, 11) is 0. The number of hydrogen-bond acceptors (Lipinski definition) is 3. The zero-order valence-corrected chi connectivity index (χ0v) is 16.2. The molecule has 1 aliphatic heterocycles. The smallest absolute Gasteiger partial charge is 0.317 e. The minimum absolute atomic E-state index is 0. The van der Waals surface area contributed by atoms with Crippen molar-refractivity contribution in [3.63, 3.8) is 0 Å². The molecular formula is C17H35ClN4O2. The Kier molecular flexibility index (Phi) is 12.7. The monoisotopic (exact) mass is 362 g/mol. The van der Waals surface area contributed by atoms with Crippen LogP contribution < -0.4 is 16.0 Å². The van der Waals surface area contributed by atoms with Gasteiger partial charge in [0.2, 0.25) is 5.91 Å². The first kappa shape index (κ1) is 23.0. The van der Waals surface area contributed by atoms with Gasteiger partial charge in [0.1, 0.15) is 0 Å². The van der Waals surface area contributed by atoms with Gasteiger partial charge >= 0.3 is 6.03 Å². The van der Waals surface area contributed by atoms with Crippen LogP contribution in [-0.2, 0) is 4.79 Å². The topological polar surface area (TPSA) is 73.5 Å². The van der Waals surface area contributed by atoms with Gasteiger partial charge in [0, 0.05) is 39.1 Å². The van der Waals surface area contributed by atoms with E-state index < -0.39 is 0 Å². The molecule has 6 nitrogen and oxygen atoms in total. The van der Waals surface area contributed by atoms with Gasteiger partial charge in [-0.3, -0.25) is 4.79 Å². The fraction of sp³-hybridized carbons (Fsp3) is 0.882. The van der Waals surface area contributed by atoms with Crippen LogP contribution in [0.15, 0.2) is 0 Å². The number of rotatable bonds is 9. The Morgan fingerprint density at radius 2 is 1.92 bits per heavy atom. The van der Waals surface area contributed by atoms with Crippen LogP contribution in [0.25, 0.3) is 0 Å². The molecule has 0 radical (unpaired) electrons. The van der Waals surface area contributed by atoms with Gasteiger partial charge in [0.05, 0.1) is 0 Å². The minimum Gasteiger partial charge on any atom is -0.355 e. The largest absolute Gasteiger partial charge is 0.355 e. The molecule has 1 heterocycles. The van der Waals surface area contributed by atoms with Crippen LogP contribution in [0.2, 0.25) is 0 Å². The first-order valence-corrected chi connectivity index (χ1v) is 9.03. The first-order chi connectivity index (χ1) is 11.0. The van der Waals surface area contributed by atoms with Crippen molar-refractivity contribution in [1.29, 1.82) is 0 Å². The number of halogens is 1. The molecule has 1 rings (SSSR count). The van der Waals surface area contributed by atoms with E-state index in [1.165, 1.54) is 0 Å². The predicted molar refractivity (Wildman–Crippen MR) is 101 cm³/mol. The maximum absolute atomic E-state index is 12.1. The van der Waals surface area contributed by atoms with Gasteiger partial charge in [-0.05, 0) is 37.6 Å². The number of urea groups is 1. The molecule has 0 aromatic heterocycles. The highest BCUT2D eigenvalue weighted by molar-refractivity contribution is 5.85. The lowest BCUT2D eigenvalue weighted by molar-refractivity contribution is -0.122. The lowest BCUT2D eigenvalue weighted by Gasteiger charge is -2.32. The van der Waals surface area contributed by atoms with E-state index in [0.717, 1.165) is 38.9 Å². The maximum atomic E-state index is 12.1. The van der Waals surface area contributed by atoms with Gasteiger partial charge in [-0.15, -0.1) is 12.4 Å². The van der Waals surface area contributed by atoms with Crippen molar-refractivity contribution in [2.24, 2.45) is 11.8 Å². The Morgan fingerprint density at radius 3 is 2.58 bits per heavy atom. The molecule has 0 aromatic carbocycles. The van der Waals surface area contributed by atoms with Crippen LogP contribution in [-0.4, -0.2) is 56.1 Å². The summed E-state index contributed by atoms with van der Waals surface area (Å²) >= 11 is 0. The number of likely N-dealkylation sites (tertiary alicyclic amines) is 1. The zero-order chi connectivity index (χ0) is 17.1. The average molecular weight is 363 g/mol. The molecule has 7 heteroatoms.